The molecule has 0 aromatic carbocycles. The molecule has 0 radical (unpaired) electrons. The van der Waals surface area contributed by atoms with Gasteiger partial charge in [0.2, 0.25) is 0 Å². The van der Waals surface area contributed by atoms with E-state index in [4.69, 9.17) is 5.73 Å². The fourth-order valence-corrected chi connectivity index (χ4v) is 4.84. The summed E-state index contributed by atoms with van der Waals surface area (Å²) in [5.41, 5.74) is 5.90. The zero-order chi connectivity index (χ0) is 13.2. The standard InChI is InChI=1S/C12H25N3O2S/c1-11-10-12(13)6-9-15(11)18(16,17)14-7-4-2-3-5-8-14/h11-12H,2-10,13H2,1H3. The SMILES string of the molecule is CC1CC(N)CCN1S(=O)(=O)N1CCCCCC1. The summed E-state index contributed by atoms with van der Waals surface area (Å²) >= 11 is 0. The molecule has 2 saturated heterocycles. The molecule has 0 bridgehead atoms. The van der Waals surface area contributed by atoms with Gasteiger partial charge < -0.3 is 5.73 Å². The first kappa shape index (κ1) is 14.2. The molecular weight excluding hydrogens is 250 g/mol. The van der Waals surface area contributed by atoms with Gasteiger partial charge in [0, 0.05) is 31.7 Å². The molecule has 2 unspecified atom stereocenters. The van der Waals surface area contributed by atoms with Crippen LogP contribution in [0.2, 0.25) is 0 Å². The van der Waals surface area contributed by atoms with Gasteiger partial charge in [-0.15, -0.1) is 0 Å². The first-order valence-electron chi connectivity index (χ1n) is 7.04. The Labute approximate surface area is 110 Å². The molecule has 2 aliphatic heterocycles. The van der Waals surface area contributed by atoms with E-state index in [1.54, 1.807) is 8.61 Å². The second-order valence-electron chi connectivity index (χ2n) is 5.57. The summed E-state index contributed by atoms with van der Waals surface area (Å²) in [6, 6.07) is 0.178. The molecule has 5 nitrogen and oxygen atoms in total. The minimum atomic E-state index is -3.27. The van der Waals surface area contributed by atoms with Crippen LogP contribution in [0.3, 0.4) is 0 Å². The van der Waals surface area contributed by atoms with Crippen LogP contribution < -0.4 is 5.73 Å². The van der Waals surface area contributed by atoms with Crippen LogP contribution in [-0.4, -0.2) is 48.7 Å². The van der Waals surface area contributed by atoms with Gasteiger partial charge in [0.25, 0.3) is 10.2 Å². The van der Waals surface area contributed by atoms with Gasteiger partial charge in [-0.2, -0.15) is 17.0 Å². The van der Waals surface area contributed by atoms with E-state index in [-0.39, 0.29) is 12.1 Å². The van der Waals surface area contributed by atoms with Crippen LogP contribution in [0.15, 0.2) is 0 Å². The van der Waals surface area contributed by atoms with Crippen molar-refractivity contribution in [3.05, 3.63) is 0 Å². The Morgan fingerprint density at radius 1 is 1.06 bits per heavy atom. The molecule has 106 valence electrons. The van der Waals surface area contributed by atoms with Crippen LogP contribution in [0.25, 0.3) is 0 Å². The molecule has 6 heteroatoms. The molecule has 0 spiro atoms. The number of nitrogens with two attached hydrogens (primary N) is 1. The van der Waals surface area contributed by atoms with Crippen LogP contribution in [0.1, 0.15) is 45.4 Å². The molecule has 0 aromatic heterocycles. The minimum absolute atomic E-state index is 0.0296. The van der Waals surface area contributed by atoms with Crippen molar-refractivity contribution in [2.75, 3.05) is 19.6 Å². The van der Waals surface area contributed by atoms with Crippen molar-refractivity contribution in [1.29, 1.82) is 0 Å². The third-order valence-electron chi connectivity index (χ3n) is 4.04. The predicted molar refractivity (Wildman–Crippen MR) is 72.3 cm³/mol. The number of piperidine rings is 1. The normalized spacial score (nSPS) is 33.2. The molecule has 2 N–H and O–H groups in total. The molecule has 0 aromatic rings. The largest absolute Gasteiger partial charge is 0.328 e. The van der Waals surface area contributed by atoms with Crippen LogP contribution in [0.4, 0.5) is 0 Å². The van der Waals surface area contributed by atoms with Gasteiger partial charge in [-0.1, -0.05) is 12.8 Å². The summed E-state index contributed by atoms with van der Waals surface area (Å²) in [5, 5.41) is 0. The van der Waals surface area contributed by atoms with E-state index in [1.807, 2.05) is 6.92 Å². The average Bonchev–Trinajstić information content (AvgIpc) is 2.57. The third kappa shape index (κ3) is 3.04. The van der Waals surface area contributed by atoms with Crippen LogP contribution in [-0.2, 0) is 10.2 Å². The van der Waals surface area contributed by atoms with E-state index in [9.17, 15) is 8.42 Å². The molecule has 0 saturated carbocycles. The van der Waals surface area contributed by atoms with Crippen molar-refractivity contribution in [2.24, 2.45) is 5.73 Å². The van der Waals surface area contributed by atoms with E-state index < -0.39 is 10.2 Å². The Balaban J connectivity index is 2.09. The van der Waals surface area contributed by atoms with Crippen molar-refractivity contribution in [3.8, 4) is 0 Å². The lowest BCUT2D eigenvalue weighted by molar-refractivity contribution is 0.228. The minimum Gasteiger partial charge on any atom is -0.328 e. The maximum atomic E-state index is 12.6. The lowest BCUT2D eigenvalue weighted by Crippen LogP contribution is -2.53. The highest BCUT2D eigenvalue weighted by Gasteiger charge is 2.36. The van der Waals surface area contributed by atoms with Crippen molar-refractivity contribution in [1.82, 2.24) is 8.61 Å². The molecule has 2 heterocycles. The lowest BCUT2D eigenvalue weighted by Gasteiger charge is -2.38. The van der Waals surface area contributed by atoms with Crippen molar-refractivity contribution < 1.29 is 8.42 Å². The van der Waals surface area contributed by atoms with Gasteiger partial charge in [0.15, 0.2) is 0 Å². The summed E-state index contributed by atoms with van der Waals surface area (Å²) < 4.78 is 28.6. The zero-order valence-electron chi connectivity index (χ0n) is 11.2. The molecule has 0 amide bonds. The summed E-state index contributed by atoms with van der Waals surface area (Å²) in [7, 11) is -3.27. The molecule has 0 aliphatic carbocycles. The average molecular weight is 275 g/mol. The van der Waals surface area contributed by atoms with E-state index in [1.165, 1.54) is 0 Å². The van der Waals surface area contributed by atoms with Crippen LogP contribution in [0.5, 0.6) is 0 Å². The first-order chi connectivity index (χ1) is 8.51. The van der Waals surface area contributed by atoms with E-state index in [0.717, 1.165) is 38.5 Å². The van der Waals surface area contributed by atoms with Gasteiger partial charge >= 0.3 is 0 Å². The topological polar surface area (TPSA) is 66.6 Å². The van der Waals surface area contributed by atoms with E-state index in [2.05, 4.69) is 0 Å². The fraction of sp³-hybridized carbons (Fsp3) is 1.00. The van der Waals surface area contributed by atoms with Gasteiger partial charge in [-0.05, 0) is 32.6 Å². The number of hydrogen-bond acceptors (Lipinski definition) is 3. The highest BCUT2D eigenvalue weighted by Crippen LogP contribution is 2.23. The maximum absolute atomic E-state index is 12.6. The Kier molecular flexibility index (Phi) is 4.64. The molecule has 2 rings (SSSR count). The lowest BCUT2D eigenvalue weighted by atomic mass is 10.0. The maximum Gasteiger partial charge on any atom is 0.282 e. The summed E-state index contributed by atoms with van der Waals surface area (Å²) in [4.78, 5) is 0. The Bertz CT molecular complexity index is 364. The summed E-state index contributed by atoms with van der Waals surface area (Å²) in [6.45, 7) is 3.89. The van der Waals surface area contributed by atoms with Gasteiger partial charge in [0.1, 0.15) is 0 Å². The second-order valence-corrected chi connectivity index (χ2v) is 7.45. The van der Waals surface area contributed by atoms with Crippen molar-refractivity contribution >= 4 is 10.2 Å². The summed E-state index contributed by atoms with van der Waals surface area (Å²) in [6.07, 6.45) is 5.81. The Morgan fingerprint density at radius 3 is 2.22 bits per heavy atom. The van der Waals surface area contributed by atoms with Crippen molar-refractivity contribution in [2.45, 2.75) is 57.5 Å². The molecule has 2 aliphatic rings. The van der Waals surface area contributed by atoms with Crippen LogP contribution in [0, 0.1) is 0 Å². The second kappa shape index (κ2) is 5.86. The molecule has 2 fully saturated rings. The predicted octanol–water partition coefficient (Wildman–Crippen LogP) is 0.919. The molecule has 18 heavy (non-hydrogen) atoms. The van der Waals surface area contributed by atoms with Gasteiger partial charge in [-0.25, -0.2) is 0 Å². The fourth-order valence-electron chi connectivity index (χ4n) is 2.95. The van der Waals surface area contributed by atoms with E-state index in [0.29, 0.717) is 19.6 Å². The number of nitrogens with zero attached hydrogens (tertiary/aromatic N) is 2. The van der Waals surface area contributed by atoms with Crippen LogP contribution >= 0.6 is 0 Å². The monoisotopic (exact) mass is 275 g/mol. The Morgan fingerprint density at radius 2 is 1.67 bits per heavy atom. The first-order valence-corrected chi connectivity index (χ1v) is 8.44. The third-order valence-corrected chi connectivity index (χ3v) is 6.20. The highest BCUT2D eigenvalue weighted by atomic mass is 32.2. The molecule has 2 atom stereocenters. The molecular formula is C12H25N3O2S. The van der Waals surface area contributed by atoms with Gasteiger partial charge in [-0.3, -0.25) is 0 Å². The van der Waals surface area contributed by atoms with Crippen molar-refractivity contribution in [3.63, 3.8) is 0 Å². The zero-order valence-corrected chi connectivity index (χ0v) is 12.0. The van der Waals surface area contributed by atoms with E-state index >= 15 is 0 Å². The summed E-state index contributed by atoms with van der Waals surface area (Å²) in [5.74, 6) is 0. The quantitative estimate of drug-likeness (QED) is 0.815. The van der Waals surface area contributed by atoms with Gasteiger partial charge in [0.05, 0.1) is 0 Å². The highest BCUT2D eigenvalue weighted by molar-refractivity contribution is 7.86. The number of rotatable bonds is 2. The number of hydrogen-bond donors (Lipinski definition) is 1. The smallest absolute Gasteiger partial charge is 0.282 e. The Hall–Kier alpha value is -0.170.